The van der Waals surface area contributed by atoms with Crippen LogP contribution in [0, 0.1) is 0 Å². The van der Waals surface area contributed by atoms with Crippen molar-refractivity contribution in [3.63, 3.8) is 0 Å². The molecule has 0 aliphatic carbocycles. The Bertz CT molecular complexity index is 421. The molecule has 5 nitrogen and oxygen atoms in total. The molecule has 1 rings (SSSR count). The van der Waals surface area contributed by atoms with Crippen LogP contribution >= 0.6 is 15.9 Å². The topological polar surface area (TPSA) is 65.0 Å². The monoisotopic (exact) mass is 318 g/mol. The minimum atomic E-state index is -1.03. The van der Waals surface area contributed by atoms with E-state index in [0.717, 1.165) is 0 Å². The van der Waals surface area contributed by atoms with Gasteiger partial charge in [0.2, 0.25) is 0 Å². The summed E-state index contributed by atoms with van der Waals surface area (Å²) in [7, 11) is 4.29. The molecule has 0 aliphatic rings. The first-order valence-electron chi connectivity index (χ1n) is 5.17. The predicted molar refractivity (Wildman–Crippen MR) is 69.2 cm³/mol. The minimum Gasteiger partial charge on any atom is -0.493 e. The number of benzene rings is 1. The van der Waals surface area contributed by atoms with Crippen LogP contribution in [0.25, 0.3) is 0 Å². The quantitative estimate of drug-likeness (QED) is 0.661. The average Bonchev–Trinajstić information content (AvgIpc) is 2.43. The zero-order chi connectivity index (χ0) is 13.7. The molecule has 0 aliphatic heterocycles. The highest BCUT2D eigenvalue weighted by Crippen LogP contribution is 2.32. The number of carbonyl (C=O) groups is 1. The maximum absolute atomic E-state index is 11.3. The molecule has 0 radical (unpaired) electrons. The number of esters is 1. The molecular formula is C12H15BrO5. The first kappa shape index (κ1) is 14.8. The maximum Gasteiger partial charge on any atom is 0.322 e. The molecule has 100 valence electrons. The number of methoxy groups -OCH3 is 3. The molecule has 2 atom stereocenters. The fraction of sp³-hybridized carbons (Fsp3) is 0.417. The maximum atomic E-state index is 11.3. The van der Waals surface area contributed by atoms with E-state index in [9.17, 15) is 9.90 Å². The van der Waals surface area contributed by atoms with E-state index < -0.39 is 16.9 Å². The van der Waals surface area contributed by atoms with Gasteiger partial charge in [0.1, 0.15) is 10.9 Å². The first-order valence-corrected chi connectivity index (χ1v) is 6.08. The van der Waals surface area contributed by atoms with Gasteiger partial charge in [0.15, 0.2) is 11.5 Å². The van der Waals surface area contributed by atoms with Gasteiger partial charge in [0.25, 0.3) is 0 Å². The van der Waals surface area contributed by atoms with Gasteiger partial charge < -0.3 is 19.3 Å². The van der Waals surface area contributed by atoms with Gasteiger partial charge in [-0.2, -0.15) is 0 Å². The number of hydrogen-bond acceptors (Lipinski definition) is 5. The number of halogens is 1. The molecule has 0 saturated carbocycles. The summed E-state index contributed by atoms with van der Waals surface area (Å²) in [4.78, 5) is 10.5. The number of aliphatic hydroxyl groups is 1. The SMILES string of the molecule is COC(=O)[C@@H](Br)[C@H](O)c1ccc(OC)c(OC)c1. The van der Waals surface area contributed by atoms with Crippen molar-refractivity contribution in [2.75, 3.05) is 21.3 Å². The molecule has 1 aromatic rings. The number of alkyl halides is 1. The van der Waals surface area contributed by atoms with Crippen LogP contribution in [0.4, 0.5) is 0 Å². The highest BCUT2D eigenvalue weighted by molar-refractivity contribution is 9.10. The number of carbonyl (C=O) groups excluding carboxylic acids is 1. The van der Waals surface area contributed by atoms with E-state index in [-0.39, 0.29) is 0 Å². The molecule has 0 bridgehead atoms. The molecule has 0 heterocycles. The Morgan fingerprint density at radius 3 is 2.33 bits per heavy atom. The summed E-state index contributed by atoms with van der Waals surface area (Å²) in [5.41, 5.74) is 0.528. The van der Waals surface area contributed by atoms with Crippen molar-refractivity contribution in [2.24, 2.45) is 0 Å². The first-order chi connectivity index (χ1) is 8.54. The number of hydrogen-bond donors (Lipinski definition) is 1. The third-order valence-electron chi connectivity index (χ3n) is 2.45. The average molecular weight is 319 g/mol. The van der Waals surface area contributed by atoms with E-state index in [1.807, 2.05) is 0 Å². The summed E-state index contributed by atoms with van der Waals surface area (Å²) in [5, 5.41) is 10.0. The number of ether oxygens (including phenoxy) is 3. The van der Waals surface area contributed by atoms with Crippen LogP contribution < -0.4 is 9.47 Å². The fourth-order valence-electron chi connectivity index (χ4n) is 1.45. The van der Waals surface area contributed by atoms with Crippen molar-refractivity contribution >= 4 is 21.9 Å². The van der Waals surface area contributed by atoms with Gasteiger partial charge in [-0.1, -0.05) is 22.0 Å². The Morgan fingerprint density at radius 1 is 1.22 bits per heavy atom. The van der Waals surface area contributed by atoms with Crippen molar-refractivity contribution in [3.8, 4) is 11.5 Å². The van der Waals surface area contributed by atoms with Crippen LogP contribution in [0.1, 0.15) is 11.7 Å². The second kappa shape index (κ2) is 6.61. The van der Waals surface area contributed by atoms with E-state index in [2.05, 4.69) is 20.7 Å². The highest BCUT2D eigenvalue weighted by Gasteiger charge is 2.26. The van der Waals surface area contributed by atoms with Crippen LogP contribution in [0.5, 0.6) is 11.5 Å². The van der Waals surface area contributed by atoms with Crippen LogP contribution in [-0.2, 0) is 9.53 Å². The second-order valence-electron chi connectivity index (χ2n) is 3.48. The van der Waals surface area contributed by atoms with E-state index >= 15 is 0 Å². The molecule has 1 N–H and O–H groups in total. The van der Waals surface area contributed by atoms with Gasteiger partial charge in [-0.15, -0.1) is 0 Å². The summed E-state index contributed by atoms with van der Waals surface area (Å²) in [6.45, 7) is 0. The predicted octanol–water partition coefficient (Wildman–Crippen LogP) is 1.67. The largest absolute Gasteiger partial charge is 0.493 e. The molecule has 0 saturated heterocycles. The lowest BCUT2D eigenvalue weighted by Gasteiger charge is -2.17. The molecular weight excluding hydrogens is 304 g/mol. The molecule has 0 unspecified atom stereocenters. The highest BCUT2D eigenvalue weighted by atomic mass is 79.9. The summed E-state index contributed by atoms with van der Waals surface area (Å²) >= 11 is 3.09. The molecule has 0 aromatic heterocycles. The van der Waals surface area contributed by atoms with E-state index in [1.165, 1.54) is 21.3 Å². The van der Waals surface area contributed by atoms with Crippen LogP contribution in [-0.4, -0.2) is 37.2 Å². The van der Waals surface area contributed by atoms with Gasteiger partial charge in [-0.05, 0) is 17.7 Å². The van der Waals surface area contributed by atoms with Crippen molar-refractivity contribution in [1.29, 1.82) is 0 Å². The van der Waals surface area contributed by atoms with Crippen molar-refractivity contribution in [2.45, 2.75) is 10.9 Å². The molecule has 0 fully saturated rings. The Kier molecular flexibility index (Phi) is 5.43. The third kappa shape index (κ3) is 3.14. The summed E-state index contributed by atoms with van der Waals surface area (Å²) in [6, 6.07) is 4.93. The van der Waals surface area contributed by atoms with Gasteiger partial charge in [-0.3, -0.25) is 4.79 Å². The fourth-order valence-corrected chi connectivity index (χ4v) is 1.94. The lowest BCUT2D eigenvalue weighted by molar-refractivity contribution is -0.141. The zero-order valence-electron chi connectivity index (χ0n) is 10.3. The molecule has 18 heavy (non-hydrogen) atoms. The van der Waals surface area contributed by atoms with Gasteiger partial charge in [0.05, 0.1) is 21.3 Å². The van der Waals surface area contributed by atoms with Crippen LogP contribution in [0.15, 0.2) is 18.2 Å². The zero-order valence-corrected chi connectivity index (χ0v) is 11.9. The molecule has 0 amide bonds. The number of rotatable bonds is 5. The Morgan fingerprint density at radius 2 is 1.83 bits per heavy atom. The Labute approximate surface area is 114 Å². The standard InChI is InChI=1S/C12H15BrO5/c1-16-8-5-4-7(6-9(8)17-2)11(14)10(13)12(15)18-3/h4-6,10-11,14H,1-3H3/t10-,11+/m0/s1. The minimum absolute atomic E-state index is 0.485. The van der Waals surface area contributed by atoms with Gasteiger partial charge >= 0.3 is 5.97 Å². The Hall–Kier alpha value is -1.27. The summed E-state index contributed by atoms with van der Waals surface area (Å²) in [5.74, 6) is 0.494. The van der Waals surface area contributed by atoms with Gasteiger partial charge in [0, 0.05) is 0 Å². The lowest BCUT2D eigenvalue weighted by Crippen LogP contribution is -2.23. The van der Waals surface area contributed by atoms with E-state index in [1.54, 1.807) is 18.2 Å². The normalized spacial score (nSPS) is 13.6. The van der Waals surface area contributed by atoms with Crippen LogP contribution in [0.2, 0.25) is 0 Å². The van der Waals surface area contributed by atoms with Crippen molar-refractivity contribution in [1.82, 2.24) is 0 Å². The lowest BCUT2D eigenvalue weighted by atomic mass is 10.1. The van der Waals surface area contributed by atoms with E-state index in [4.69, 9.17) is 9.47 Å². The second-order valence-corrected chi connectivity index (χ2v) is 4.47. The van der Waals surface area contributed by atoms with Crippen molar-refractivity contribution in [3.05, 3.63) is 23.8 Å². The molecule has 0 spiro atoms. The van der Waals surface area contributed by atoms with Crippen LogP contribution in [0.3, 0.4) is 0 Å². The smallest absolute Gasteiger partial charge is 0.322 e. The summed E-state index contributed by atoms with van der Waals surface area (Å²) in [6.07, 6.45) is -1.03. The third-order valence-corrected chi connectivity index (χ3v) is 3.33. The van der Waals surface area contributed by atoms with Crippen molar-refractivity contribution < 1.29 is 24.1 Å². The Balaban J connectivity index is 2.99. The van der Waals surface area contributed by atoms with Gasteiger partial charge in [-0.25, -0.2) is 0 Å². The number of aliphatic hydroxyl groups excluding tert-OH is 1. The van der Waals surface area contributed by atoms with E-state index in [0.29, 0.717) is 17.1 Å². The molecule has 1 aromatic carbocycles. The molecule has 6 heteroatoms. The summed E-state index contributed by atoms with van der Waals surface area (Å²) < 4.78 is 14.8.